The molecule has 0 amide bonds. The second kappa shape index (κ2) is 2.58. The predicted octanol–water partition coefficient (Wildman–Crippen LogP) is 2.13. The number of hydrogen-bond donors (Lipinski definition) is 2. The van der Waals surface area contributed by atoms with Crippen LogP contribution in [0.1, 0.15) is 0 Å². The molecule has 0 fully saturated rings. The van der Waals surface area contributed by atoms with Crippen LogP contribution in [0.4, 0.5) is 10.7 Å². The molecule has 0 aliphatic heterocycles. The molecule has 1 aromatic rings. The molecule has 0 bridgehead atoms. The third-order valence-corrected chi connectivity index (χ3v) is 2.63. The molecule has 0 saturated heterocycles. The summed E-state index contributed by atoms with van der Waals surface area (Å²) >= 11 is 4.92. The summed E-state index contributed by atoms with van der Waals surface area (Å²) in [7, 11) is 1.86. The van der Waals surface area contributed by atoms with E-state index in [1.54, 1.807) is 11.3 Å². The fraction of sp³-hybridized carbons (Fsp3) is 0.200. The van der Waals surface area contributed by atoms with Crippen molar-refractivity contribution in [3.63, 3.8) is 0 Å². The van der Waals surface area contributed by atoms with Crippen LogP contribution in [0.2, 0.25) is 0 Å². The normalized spacial score (nSPS) is 9.56. The number of nitrogen functional groups attached to an aromatic ring is 1. The Kier molecular flexibility index (Phi) is 1.97. The van der Waals surface area contributed by atoms with Crippen LogP contribution >= 0.6 is 27.3 Å². The highest BCUT2D eigenvalue weighted by molar-refractivity contribution is 9.11. The van der Waals surface area contributed by atoms with Gasteiger partial charge < -0.3 is 11.1 Å². The smallest absolute Gasteiger partial charge is 0.113 e. The van der Waals surface area contributed by atoms with Gasteiger partial charge in [-0.3, -0.25) is 0 Å². The number of hydrogen-bond acceptors (Lipinski definition) is 3. The molecular formula is C5H7BrN2S. The van der Waals surface area contributed by atoms with E-state index in [4.69, 9.17) is 5.73 Å². The molecule has 2 nitrogen and oxygen atoms in total. The monoisotopic (exact) mass is 206 g/mol. The second-order valence-corrected chi connectivity index (χ2v) is 4.02. The summed E-state index contributed by atoms with van der Waals surface area (Å²) in [6.45, 7) is 0. The van der Waals surface area contributed by atoms with Gasteiger partial charge in [-0.15, -0.1) is 11.3 Å². The Bertz CT molecular complexity index is 209. The average molecular weight is 207 g/mol. The van der Waals surface area contributed by atoms with Crippen molar-refractivity contribution in [1.29, 1.82) is 0 Å². The van der Waals surface area contributed by atoms with Crippen molar-refractivity contribution in [3.05, 3.63) is 9.85 Å². The van der Waals surface area contributed by atoms with Crippen LogP contribution in [-0.4, -0.2) is 7.05 Å². The molecule has 9 heavy (non-hydrogen) atoms. The molecule has 0 spiro atoms. The van der Waals surface area contributed by atoms with Gasteiger partial charge in [-0.25, -0.2) is 0 Å². The zero-order chi connectivity index (χ0) is 6.85. The Morgan fingerprint density at radius 2 is 2.44 bits per heavy atom. The lowest BCUT2D eigenvalue weighted by Gasteiger charge is -1.92. The van der Waals surface area contributed by atoms with Crippen molar-refractivity contribution in [2.45, 2.75) is 0 Å². The van der Waals surface area contributed by atoms with Crippen molar-refractivity contribution < 1.29 is 0 Å². The van der Waals surface area contributed by atoms with Crippen LogP contribution < -0.4 is 11.1 Å². The highest BCUT2D eigenvalue weighted by Gasteiger charge is 1.99. The molecule has 0 atom stereocenters. The molecule has 0 radical (unpaired) electrons. The molecule has 3 N–H and O–H groups in total. The summed E-state index contributed by atoms with van der Waals surface area (Å²) < 4.78 is 1.06. The van der Waals surface area contributed by atoms with Crippen molar-refractivity contribution >= 4 is 38.0 Å². The van der Waals surface area contributed by atoms with E-state index >= 15 is 0 Å². The van der Waals surface area contributed by atoms with Crippen molar-refractivity contribution in [3.8, 4) is 0 Å². The molecule has 0 unspecified atom stereocenters. The first-order valence-electron chi connectivity index (χ1n) is 2.46. The van der Waals surface area contributed by atoms with Gasteiger partial charge in [-0.2, -0.15) is 0 Å². The zero-order valence-corrected chi connectivity index (χ0v) is 7.34. The van der Waals surface area contributed by atoms with E-state index in [0.29, 0.717) is 0 Å². The van der Waals surface area contributed by atoms with E-state index in [1.165, 1.54) is 0 Å². The first-order valence-corrected chi connectivity index (χ1v) is 4.07. The molecule has 0 aromatic carbocycles. The number of halogens is 1. The molecule has 1 rings (SSSR count). The Hall–Kier alpha value is -0.220. The van der Waals surface area contributed by atoms with Gasteiger partial charge in [0.2, 0.25) is 0 Å². The molecule has 50 valence electrons. The third-order valence-electron chi connectivity index (χ3n) is 0.958. The molecule has 0 aliphatic carbocycles. The lowest BCUT2D eigenvalue weighted by atomic mass is 10.5. The Morgan fingerprint density at radius 1 is 1.78 bits per heavy atom. The fourth-order valence-electron chi connectivity index (χ4n) is 0.569. The molecule has 1 aromatic heterocycles. The lowest BCUT2D eigenvalue weighted by Crippen LogP contribution is -1.88. The van der Waals surface area contributed by atoms with Gasteiger partial charge in [0, 0.05) is 7.05 Å². The molecule has 0 aliphatic rings. The van der Waals surface area contributed by atoms with E-state index in [2.05, 4.69) is 21.2 Å². The van der Waals surface area contributed by atoms with Crippen LogP contribution in [0, 0.1) is 0 Å². The zero-order valence-electron chi connectivity index (χ0n) is 4.94. The number of nitrogens with two attached hydrogens (primary N) is 1. The minimum absolute atomic E-state index is 0.800. The number of anilines is 2. The third kappa shape index (κ3) is 1.37. The summed E-state index contributed by atoms with van der Waals surface area (Å²) in [5.41, 5.74) is 6.37. The van der Waals surface area contributed by atoms with Gasteiger partial charge in [0.05, 0.1) is 9.47 Å². The van der Waals surface area contributed by atoms with Crippen LogP contribution in [0.15, 0.2) is 9.85 Å². The minimum atomic E-state index is 0.800. The largest absolute Gasteiger partial charge is 0.396 e. The van der Waals surface area contributed by atoms with E-state index in [-0.39, 0.29) is 0 Å². The SMILES string of the molecule is CNc1sc(Br)cc1N. The lowest BCUT2D eigenvalue weighted by molar-refractivity contribution is 1.59. The van der Waals surface area contributed by atoms with Gasteiger partial charge in [0.25, 0.3) is 0 Å². The highest BCUT2D eigenvalue weighted by Crippen LogP contribution is 2.33. The summed E-state index contributed by atoms with van der Waals surface area (Å²) in [5.74, 6) is 0. The Balaban J connectivity index is 3.01. The van der Waals surface area contributed by atoms with Gasteiger partial charge in [0.1, 0.15) is 5.00 Å². The maximum Gasteiger partial charge on any atom is 0.113 e. The number of thiophene rings is 1. The van der Waals surface area contributed by atoms with Crippen molar-refractivity contribution in [2.75, 3.05) is 18.1 Å². The van der Waals surface area contributed by atoms with Crippen molar-refractivity contribution in [1.82, 2.24) is 0 Å². The predicted molar refractivity (Wildman–Crippen MR) is 46.0 cm³/mol. The van der Waals surface area contributed by atoms with Crippen LogP contribution in [0.3, 0.4) is 0 Å². The Labute approximate surface area is 66.2 Å². The topological polar surface area (TPSA) is 38.0 Å². The molecular weight excluding hydrogens is 200 g/mol. The molecule has 0 saturated carbocycles. The maximum absolute atomic E-state index is 5.57. The van der Waals surface area contributed by atoms with E-state index in [0.717, 1.165) is 14.5 Å². The highest BCUT2D eigenvalue weighted by atomic mass is 79.9. The summed E-state index contributed by atoms with van der Waals surface area (Å²) in [5, 5.41) is 4.00. The van der Waals surface area contributed by atoms with Gasteiger partial charge >= 0.3 is 0 Å². The quantitative estimate of drug-likeness (QED) is 0.740. The summed E-state index contributed by atoms with van der Waals surface area (Å²) in [4.78, 5) is 0. The van der Waals surface area contributed by atoms with Crippen LogP contribution in [0.5, 0.6) is 0 Å². The first-order chi connectivity index (χ1) is 4.24. The number of nitrogens with one attached hydrogen (secondary N) is 1. The van der Waals surface area contributed by atoms with Gasteiger partial charge in [0.15, 0.2) is 0 Å². The van der Waals surface area contributed by atoms with E-state index < -0.39 is 0 Å². The van der Waals surface area contributed by atoms with Crippen molar-refractivity contribution in [2.24, 2.45) is 0 Å². The Morgan fingerprint density at radius 3 is 2.67 bits per heavy atom. The van der Waals surface area contributed by atoms with Gasteiger partial charge in [-0.1, -0.05) is 0 Å². The molecule has 1 heterocycles. The maximum atomic E-state index is 5.57. The number of rotatable bonds is 1. The van der Waals surface area contributed by atoms with Crippen LogP contribution in [0.25, 0.3) is 0 Å². The van der Waals surface area contributed by atoms with E-state index in [9.17, 15) is 0 Å². The summed E-state index contributed by atoms with van der Waals surface area (Å²) in [6, 6.07) is 1.89. The van der Waals surface area contributed by atoms with E-state index in [1.807, 2.05) is 13.1 Å². The standard InChI is InChI=1S/C5H7BrN2S/c1-8-5-3(7)2-4(6)9-5/h2,8H,7H2,1H3. The summed E-state index contributed by atoms with van der Waals surface area (Å²) in [6.07, 6.45) is 0. The first kappa shape index (κ1) is 6.89. The fourth-order valence-corrected chi connectivity index (χ4v) is 1.96. The second-order valence-electron chi connectivity index (χ2n) is 1.58. The van der Waals surface area contributed by atoms with Gasteiger partial charge in [-0.05, 0) is 22.0 Å². The minimum Gasteiger partial charge on any atom is -0.396 e. The van der Waals surface area contributed by atoms with Crippen LogP contribution in [-0.2, 0) is 0 Å². The molecule has 4 heteroatoms. The average Bonchev–Trinajstić information content (AvgIpc) is 2.10.